The smallest absolute Gasteiger partial charge is 0.337 e. The molecule has 0 saturated carbocycles. The molecule has 3 atom stereocenters. The van der Waals surface area contributed by atoms with Crippen LogP contribution in [0.1, 0.15) is 12.5 Å². The maximum absolute atomic E-state index is 12.4. The van der Waals surface area contributed by atoms with E-state index in [0.717, 1.165) is 11.3 Å². The second-order valence-corrected chi connectivity index (χ2v) is 6.19. The first-order valence-corrected chi connectivity index (χ1v) is 8.04. The van der Waals surface area contributed by atoms with Crippen molar-refractivity contribution in [2.75, 3.05) is 19.5 Å². The van der Waals surface area contributed by atoms with E-state index in [1.165, 1.54) is 14.2 Å². The lowest BCUT2D eigenvalue weighted by atomic mass is 9.82. The quantitative estimate of drug-likeness (QED) is 0.652. The molecule has 0 fully saturated rings. The van der Waals surface area contributed by atoms with E-state index in [4.69, 9.17) is 14.2 Å². The number of aryl methyl sites for hydroxylation is 1. The van der Waals surface area contributed by atoms with Crippen molar-refractivity contribution in [1.82, 2.24) is 0 Å². The van der Waals surface area contributed by atoms with Crippen LogP contribution in [0.25, 0.3) is 0 Å². The Labute approximate surface area is 146 Å². The van der Waals surface area contributed by atoms with E-state index < -0.39 is 23.6 Å². The van der Waals surface area contributed by atoms with Crippen molar-refractivity contribution in [3.8, 4) is 0 Å². The largest absolute Gasteiger partial charge is 0.466 e. The Kier molecular flexibility index (Phi) is 4.39. The molecule has 1 aromatic rings. The number of esters is 2. The van der Waals surface area contributed by atoms with Gasteiger partial charge in [-0.15, -0.1) is 0 Å². The van der Waals surface area contributed by atoms with Crippen molar-refractivity contribution in [2.24, 2.45) is 0 Å². The van der Waals surface area contributed by atoms with E-state index in [-0.39, 0.29) is 17.2 Å². The molecule has 0 aromatic heterocycles. The molecular weight excluding hydrogens is 322 g/mol. The maximum atomic E-state index is 12.4. The summed E-state index contributed by atoms with van der Waals surface area (Å²) in [6, 6.07) is 7.58. The van der Waals surface area contributed by atoms with Gasteiger partial charge in [0, 0.05) is 5.69 Å². The zero-order valence-electron chi connectivity index (χ0n) is 14.7. The number of nitrogens with one attached hydrogen (secondary N) is 1. The number of ether oxygens (including phenoxy) is 3. The van der Waals surface area contributed by atoms with Crippen LogP contribution in [0.5, 0.6) is 0 Å². The number of methoxy groups -OCH3 is 2. The van der Waals surface area contributed by atoms with Crippen LogP contribution in [0.15, 0.2) is 47.6 Å². The van der Waals surface area contributed by atoms with Gasteiger partial charge in [-0.1, -0.05) is 23.8 Å². The van der Waals surface area contributed by atoms with E-state index in [2.05, 4.69) is 5.32 Å². The fraction of sp³-hybridized carbons (Fsp3) is 0.368. The minimum absolute atomic E-state index is 0.196. The van der Waals surface area contributed by atoms with Gasteiger partial charge in [-0.2, -0.15) is 0 Å². The van der Waals surface area contributed by atoms with Gasteiger partial charge in [0.1, 0.15) is 11.7 Å². The Morgan fingerprint density at radius 2 is 1.80 bits per heavy atom. The molecular formula is C19H21NO5. The first-order valence-electron chi connectivity index (χ1n) is 8.04. The van der Waals surface area contributed by atoms with Crippen LogP contribution in [0.3, 0.4) is 0 Å². The lowest BCUT2D eigenvalue weighted by Crippen LogP contribution is -2.46. The molecule has 132 valence electrons. The molecule has 3 rings (SSSR count). The van der Waals surface area contributed by atoms with Gasteiger partial charge in [-0.05, 0) is 32.1 Å². The van der Waals surface area contributed by atoms with Gasteiger partial charge < -0.3 is 19.5 Å². The molecule has 1 aromatic carbocycles. The zero-order chi connectivity index (χ0) is 18.2. The first-order chi connectivity index (χ1) is 11.9. The zero-order valence-corrected chi connectivity index (χ0v) is 14.7. The molecule has 0 radical (unpaired) electrons. The minimum Gasteiger partial charge on any atom is -0.466 e. The fourth-order valence-corrected chi connectivity index (χ4v) is 3.34. The van der Waals surface area contributed by atoms with Gasteiger partial charge >= 0.3 is 11.9 Å². The molecule has 6 nitrogen and oxygen atoms in total. The summed E-state index contributed by atoms with van der Waals surface area (Å²) in [7, 11) is 2.56. The molecule has 0 spiro atoms. The third-order valence-corrected chi connectivity index (χ3v) is 4.66. The van der Waals surface area contributed by atoms with Crippen molar-refractivity contribution in [3.05, 3.63) is 53.1 Å². The summed E-state index contributed by atoms with van der Waals surface area (Å²) in [6.07, 6.45) is 2.97. The van der Waals surface area contributed by atoms with E-state index in [9.17, 15) is 9.59 Å². The van der Waals surface area contributed by atoms with E-state index >= 15 is 0 Å². The van der Waals surface area contributed by atoms with E-state index in [1.807, 2.05) is 44.2 Å². The Bertz CT molecular complexity index is 765. The van der Waals surface area contributed by atoms with Gasteiger partial charge in [0.15, 0.2) is 0 Å². The molecule has 2 aliphatic rings. The van der Waals surface area contributed by atoms with Crippen molar-refractivity contribution >= 4 is 17.6 Å². The Morgan fingerprint density at radius 3 is 2.40 bits per heavy atom. The molecule has 2 aliphatic heterocycles. The number of carbonyl (C=O) groups excluding carboxylic acids is 2. The topological polar surface area (TPSA) is 73.9 Å². The highest BCUT2D eigenvalue weighted by Gasteiger charge is 2.57. The van der Waals surface area contributed by atoms with Crippen LogP contribution < -0.4 is 5.32 Å². The van der Waals surface area contributed by atoms with Gasteiger partial charge in [0.05, 0.1) is 31.4 Å². The number of carbonyl (C=O) groups is 2. The molecule has 0 amide bonds. The molecule has 25 heavy (non-hydrogen) atoms. The average Bonchev–Trinajstić information content (AvgIpc) is 3.20. The van der Waals surface area contributed by atoms with Crippen LogP contribution in [0.2, 0.25) is 0 Å². The summed E-state index contributed by atoms with van der Waals surface area (Å²) in [5.74, 6) is -1.18. The monoisotopic (exact) mass is 343 g/mol. The molecule has 0 saturated heterocycles. The van der Waals surface area contributed by atoms with Gasteiger partial charge in [0.25, 0.3) is 0 Å². The van der Waals surface area contributed by atoms with Crippen LogP contribution in [0, 0.1) is 6.92 Å². The highest BCUT2D eigenvalue weighted by Crippen LogP contribution is 2.46. The van der Waals surface area contributed by atoms with Crippen LogP contribution in [0.4, 0.5) is 5.69 Å². The summed E-state index contributed by atoms with van der Waals surface area (Å²) in [5, 5.41) is 3.35. The third kappa shape index (κ3) is 2.72. The molecule has 2 heterocycles. The highest BCUT2D eigenvalue weighted by molar-refractivity contribution is 6.05. The minimum atomic E-state index is -1.08. The lowest BCUT2D eigenvalue weighted by molar-refractivity contribution is -0.139. The number of hydrogen-bond acceptors (Lipinski definition) is 6. The normalized spacial score (nSPS) is 25.0. The Hall–Kier alpha value is -2.60. The Morgan fingerprint density at radius 1 is 1.16 bits per heavy atom. The summed E-state index contributed by atoms with van der Waals surface area (Å²) >= 11 is 0. The highest BCUT2D eigenvalue weighted by atomic mass is 16.6. The number of benzene rings is 1. The second kappa shape index (κ2) is 6.37. The first kappa shape index (κ1) is 17.2. The number of hydrogen-bond donors (Lipinski definition) is 1. The summed E-state index contributed by atoms with van der Waals surface area (Å²) < 4.78 is 15.8. The predicted octanol–water partition coefficient (Wildman–Crippen LogP) is 2.15. The summed E-state index contributed by atoms with van der Waals surface area (Å²) in [5.41, 5.74) is 1.36. The SMILES string of the molecule is COC(=O)C1=C(C(=O)OC)C2([C@@H](C)Nc3ccc(C)cc3)C=CC1O2. The van der Waals surface area contributed by atoms with E-state index in [1.54, 1.807) is 6.08 Å². The fourth-order valence-electron chi connectivity index (χ4n) is 3.34. The van der Waals surface area contributed by atoms with Gasteiger partial charge in [-0.3, -0.25) is 0 Å². The standard InChI is InChI=1S/C19H21NO5/c1-11-5-7-13(8-6-11)20-12(2)19-10-9-14(25-19)15(17(21)23-3)16(19)18(22)24-4/h5-10,12,14,20H,1-4H3/t12-,14?,19?/m1/s1. The van der Waals surface area contributed by atoms with Crippen molar-refractivity contribution < 1.29 is 23.8 Å². The Balaban J connectivity index is 1.98. The van der Waals surface area contributed by atoms with Gasteiger partial charge in [-0.25, -0.2) is 9.59 Å². The van der Waals surface area contributed by atoms with Crippen LogP contribution in [-0.4, -0.2) is 43.9 Å². The molecule has 2 unspecified atom stereocenters. The number of anilines is 1. The maximum Gasteiger partial charge on any atom is 0.337 e. The third-order valence-electron chi connectivity index (χ3n) is 4.66. The van der Waals surface area contributed by atoms with Crippen molar-refractivity contribution in [1.29, 1.82) is 0 Å². The summed E-state index contributed by atoms with van der Waals surface area (Å²) in [6.45, 7) is 3.91. The van der Waals surface area contributed by atoms with Crippen LogP contribution >= 0.6 is 0 Å². The molecule has 2 bridgehead atoms. The molecule has 6 heteroatoms. The molecule has 0 aliphatic carbocycles. The van der Waals surface area contributed by atoms with Gasteiger partial charge in [0.2, 0.25) is 0 Å². The van der Waals surface area contributed by atoms with E-state index in [0.29, 0.717) is 0 Å². The predicted molar refractivity (Wildman–Crippen MR) is 92.1 cm³/mol. The summed E-state index contributed by atoms with van der Waals surface area (Å²) in [4.78, 5) is 24.6. The molecule has 1 N–H and O–H groups in total. The average molecular weight is 343 g/mol. The van der Waals surface area contributed by atoms with Crippen LogP contribution in [-0.2, 0) is 23.8 Å². The number of fused-ring (bicyclic) bond motifs is 2. The lowest BCUT2D eigenvalue weighted by Gasteiger charge is -2.33. The second-order valence-electron chi connectivity index (χ2n) is 6.19. The number of rotatable bonds is 5. The van der Waals surface area contributed by atoms with Crippen molar-refractivity contribution in [2.45, 2.75) is 31.6 Å². The van der Waals surface area contributed by atoms with Crippen molar-refractivity contribution in [3.63, 3.8) is 0 Å².